The first-order chi connectivity index (χ1) is 11.2. The Balaban J connectivity index is 0.00000288. The first kappa shape index (κ1) is 21.2. The number of nitrogens with one attached hydrogen (secondary N) is 2. The van der Waals surface area contributed by atoms with Crippen LogP contribution in [0.4, 0.5) is 0 Å². The molecule has 1 amide bonds. The van der Waals surface area contributed by atoms with Crippen LogP contribution in [-0.2, 0) is 17.8 Å². The molecule has 7 heteroatoms. The Kier molecular flexibility index (Phi) is 9.65. The van der Waals surface area contributed by atoms with E-state index in [1.807, 2.05) is 4.90 Å². The fourth-order valence-corrected chi connectivity index (χ4v) is 3.66. The van der Waals surface area contributed by atoms with Gasteiger partial charge in [0.05, 0.1) is 6.54 Å². The van der Waals surface area contributed by atoms with Crippen molar-refractivity contribution in [3.05, 3.63) is 21.9 Å². The van der Waals surface area contributed by atoms with E-state index in [0.717, 1.165) is 38.9 Å². The summed E-state index contributed by atoms with van der Waals surface area (Å²) in [5.74, 6) is 1.48. The van der Waals surface area contributed by atoms with Crippen LogP contribution in [0.5, 0.6) is 0 Å². The lowest BCUT2D eigenvalue weighted by Gasteiger charge is -2.27. The Hall–Kier alpha value is -0.830. The minimum atomic E-state index is 0. The standard InChI is InChI=1S/C17H28N4OS.HI/c1-4-13(5-2)10-19-17(18-3)20-11-16(22)21-8-6-15-14(12-21)7-9-23-15;/h7,9,13H,4-6,8,10-12H2,1-3H3,(H2,18,19,20);1H. The van der Waals surface area contributed by atoms with E-state index in [0.29, 0.717) is 18.4 Å². The van der Waals surface area contributed by atoms with Gasteiger partial charge in [0.1, 0.15) is 0 Å². The third-order valence-corrected chi connectivity index (χ3v) is 5.53. The molecule has 0 unspecified atom stereocenters. The predicted molar refractivity (Wildman–Crippen MR) is 112 cm³/mol. The Morgan fingerprint density at radius 1 is 1.38 bits per heavy atom. The van der Waals surface area contributed by atoms with Crippen molar-refractivity contribution in [3.63, 3.8) is 0 Å². The molecule has 0 aliphatic carbocycles. The van der Waals surface area contributed by atoms with Gasteiger partial charge in [-0.1, -0.05) is 26.7 Å². The van der Waals surface area contributed by atoms with Gasteiger partial charge >= 0.3 is 0 Å². The zero-order chi connectivity index (χ0) is 16.7. The highest BCUT2D eigenvalue weighted by atomic mass is 127. The van der Waals surface area contributed by atoms with Crippen molar-refractivity contribution in [1.82, 2.24) is 15.5 Å². The summed E-state index contributed by atoms with van der Waals surface area (Å²) in [6.45, 7) is 7.13. The van der Waals surface area contributed by atoms with Gasteiger partial charge in [-0.3, -0.25) is 9.79 Å². The molecule has 0 spiro atoms. The van der Waals surface area contributed by atoms with Crippen LogP contribution in [-0.4, -0.2) is 43.4 Å². The van der Waals surface area contributed by atoms with Gasteiger partial charge < -0.3 is 15.5 Å². The van der Waals surface area contributed by atoms with Crippen molar-refractivity contribution in [3.8, 4) is 0 Å². The molecule has 0 radical (unpaired) electrons. The topological polar surface area (TPSA) is 56.7 Å². The molecule has 0 saturated heterocycles. The van der Waals surface area contributed by atoms with E-state index in [9.17, 15) is 4.79 Å². The molecule has 0 bridgehead atoms. The number of hydrogen-bond donors (Lipinski definition) is 2. The predicted octanol–water partition coefficient (Wildman–Crippen LogP) is 2.85. The van der Waals surface area contributed by atoms with Crippen LogP contribution in [0.2, 0.25) is 0 Å². The largest absolute Gasteiger partial charge is 0.356 e. The van der Waals surface area contributed by atoms with Crippen LogP contribution in [0.1, 0.15) is 37.1 Å². The molecular weight excluding hydrogens is 435 g/mol. The summed E-state index contributed by atoms with van der Waals surface area (Å²) < 4.78 is 0. The van der Waals surface area contributed by atoms with E-state index >= 15 is 0 Å². The summed E-state index contributed by atoms with van der Waals surface area (Å²) in [6.07, 6.45) is 3.27. The normalized spacial score (nSPS) is 14.2. The van der Waals surface area contributed by atoms with Crippen molar-refractivity contribution in [2.24, 2.45) is 10.9 Å². The number of thiophene rings is 1. The van der Waals surface area contributed by atoms with Crippen molar-refractivity contribution in [1.29, 1.82) is 0 Å². The third kappa shape index (κ3) is 5.91. The van der Waals surface area contributed by atoms with E-state index < -0.39 is 0 Å². The van der Waals surface area contributed by atoms with Gasteiger partial charge in [0.2, 0.25) is 5.91 Å². The van der Waals surface area contributed by atoms with Gasteiger partial charge in [-0.15, -0.1) is 35.3 Å². The molecule has 5 nitrogen and oxygen atoms in total. The molecule has 1 aromatic rings. The number of carbonyl (C=O) groups is 1. The monoisotopic (exact) mass is 464 g/mol. The average molecular weight is 464 g/mol. The van der Waals surface area contributed by atoms with E-state index in [2.05, 4.69) is 40.9 Å². The van der Waals surface area contributed by atoms with Gasteiger partial charge in [0.15, 0.2) is 5.96 Å². The van der Waals surface area contributed by atoms with Gasteiger partial charge in [0, 0.05) is 31.6 Å². The highest BCUT2D eigenvalue weighted by molar-refractivity contribution is 14.0. The summed E-state index contributed by atoms with van der Waals surface area (Å²) in [5, 5.41) is 8.56. The SMILES string of the molecule is CCC(CC)CNC(=NC)NCC(=O)N1CCc2sccc2C1.I. The molecule has 2 rings (SSSR count). The quantitative estimate of drug-likeness (QED) is 0.387. The fourth-order valence-electron chi connectivity index (χ4n) is 2.77. The maximum atomic E-state index is 12.4. The van der Waals surface area contributed by atoms with Gasteiger partial charge in [-0.05, 0) is 29.3 Å². The van der Waals surface area contributed by atoms with Crippen molar-refractivity contribution in [2.45, 2.75) is 39.7 Å². The smallest absolute Gasteiger partial charge is 0.242 e. The lowest BCUT2D eigenvalue weighted by Crippen LogP contribution is -2.46. The molecule has 2 N–H and O–H groups in total. The summed E-state index contributed by atoms with van der Waals surface area (Å²) in [6, 6.07) is 2.13. The van der Waals surface area contributed by atoms with E-state index in [4.69, 9.17) is 0 Å². The van der Waals surface area contributed by atoms with Gasteiger partial charge in [-0.25, -0.2) is 0 Å². The number of fused-ring (bicyclic) bond motifs is 1. The number of rotatable bonds is 6. The number of guanidine groups is 1. The van der Waals surface area contributed by atoms with Crippen LogP contribution in [0.25, 0.3) is 0 Å². The first-order valence-electron chi connectivity index (χ1n) is 8.45. The third-order valence-electron chi connectivity index (χ3n) is 4.50. The second kappa shape index (κ2) is 10.9. The molecule has 1 aliphatic heterocycles. The Labute approximate surface area is 166 Å². The Bertz CT molecular complexity index is 542. The summed E-state index contributed by atoms with van der Waals surface area (Å²) >= 11 is 1.79. The van der Waals surface area contributed by atoms with Crippen LogP contribution in [0.3, 0.4) is 0 Å². The number of halogens is 1. The van der Waals surface area contributed by atoms with Crippen LogP contribution in [0.15, 0.2) is 16.4 Å². The molecule has 24 heavy (non-hydrogen) atoms. The molecular formula is C17H29IN4OS. The lowest BCUT2D eigenvalue weighted by molar-refractivity contribution is -0.130. The van der Waals surface area contributed by atoms with Crippen molar-refractivity contribution >= 4 is 47.2 Å². The number of hydrogen-bond acceptors (Lipinski definition) is 3. The maximum absolute atomic E-state index is 12.4. The average Bonchev–Trinajstić information content (AvgIpc) is 3.05. The molecule has 136 valence electrons. The molecule has 0 fully saturated rings. The first-order valence-corrected chi connectivity index (χ1v) is 9.33. The zero-order valence-electron chi connectivity index (χ0n) is 14.8. The second-order valence-corrected chi connectivity index (χ2v) is 6.92. The minimum Gasteiger partial charge on any atom is -0.356 e. The van der Waals surface area contributed by atoms with E-state index in [1.165, 1.54) is 10.4 Å². The van der Waals surface area contributed by atoms with Crippen molar-refractivity contribution < 1.29 is 4.79 Å². The lowest BCUT2D eigenvalue weighted by atomic mass is 10.0. The van der Waals surface area contributed by atoms with Crippen LogP contribution in [0, 0.1) is 5.92 Å². The Morgan fingerprint density at radius 2 is 2.12 bits per heavy atom. The van der Waals surface area contributed by atoms with E-state index in [1.54, 1.807) is 18.4 Å². The fraction of sp³-hybridized carbons (Fsp3) is 0.647. The summed E-state index contributed by atoms with van der Waals surface area (Å²) in [7, 11) is 1.74. The molecule has 1 aromatic heterocycles. The van der Waals surface area contributed by atoms with Gasteiger partial charge in [-0.2, -0.15) is 0 Å². The number of aliphatic imine (C=N–C) groups is 1. The molecule has 1 aliphatic rings. The van der Waals surface area contributed by atoms with Crippen LogP contribution < -0.4 is 10.6 Å². The second-order valence-electron chi connectivity index (χ2n) is 5.92. The minimum absolute atomic E-state index is 0. The Morgan fingerprint density at radius 3 is 2.79 bits per heavy atom. The molecule has 2 heterocycles. The molecule has 0 saturated carbocycles. The number of nitrogens with zero attached hydrogens (tertiary/aromatic N) is 2. The highest BCUT2D eigenvalue weighted by Gasteiger charge is 2.21. The van der Waals surface area contributed by atoms with Crippen molar-refractivity contribution in [2.75, 3.05) is 26.7 Å². The zero-order valence-corrected chi connectivity index (χ0v) is 17.9. The number of amides is 1. The summed E-state index contributed by atoms with van der Waals surface area (Å²) in [5.41, 5.74) is 1.30. The van der Waals surface area contributed by atoms with E-state index in [-0.39, 0.29) is 29.9 Å². The maximum Gasteiger partial charge on any atom is 0.242 e. The van der Waals surface area contributed by atoms with Gasteiger partial charge in [0.25, 0.3) is 0 Å². The number of carbonyl (C=O) groups excluding carboxylic acids is 1. The highest BCUT2D eigenvalue weighted by Crippen LogP contribution is 2.23. The van der Waals surface area contributed by atoms with Crippen LogP contribution >= 0.6 is 35.3 Å². The summed E-state index contributed by atoms with van der Waals surface area (Å²) in [4.78, 5) is 19.9. The molecule has 0 aromatic carbocycles. The molecule has 0 atom stereocenters.